The van der Waals surface area contributed by atoms with E-state index < -0.39 is 0 Å². The summed E-state index contributed by atoms with van der Waals surface area (Å²) in [7, 11) is 4.30. The Labute approximate surface area is 173 Å². The Balaban J connectivity index is 0.00000196. The topological polar surface area (TPSA) is 29.5 Å². The van der Waals surface area contributed by atoms with E-state index in [1.807, 2.05) is 0 Å². The number of halogens is 1. The van der Waals surface area contributed by atoms with Gasteiger partial charge in [0.2, 0.25) is 0 Å². The number of quaternary nitrogens is 1. The van der Waals surface area contributed by atoms with Crippen LogP contribution in [0.4, 0.5) is 0 Å². The van der Waals surface area contributed by atoms with Gasteiger partial charge in [0.25, 0.3) is 0 Å². The first-order chi connectivity index (χ1) is 12.1. The van der Waals surface area contributed by atoms with E-state index in [4.69, 9.17) is 4.74 Å². The van der Waals surface area contributed by atoms with E-state index in [1.54, 1.807) is 0 Å². The molecule has 0 spiro atoms. The summed E-state index contributed by atoms with van der Waals surface area (Å²) in [6.07, 6.45) is 2.21. The molecule has 3 aliphatic carbocycles. The summed E-state index contributed by atoms with van der Waals surface area (Å²) in [6, 6.07) is 17.6. The van der Waals surface area contributed by atoms with Gasteiger partial charge < -0.3 is 38.3 Å². The second-order valence-electron chi connectivity index (χ2n) is 8.05. The number of fused-ring (bicyclic) bond motifs is 1. The fraction of sp³-hybridized carbons (Fsp3) is 0.455. The van der Waals surface area contributed by atoms with Crippen molar-refractivity contribution in [2.75, 3.05) is 40.4 Å². The Bertz CT molecular complexity index is 727. The van der Waals surface area contributed by atoms with Gasteiger partial charge in [-0.2, -0.15) is 0 Å². The van der Waals surface area contributed by atoms with E-state index in [1.165, 1.54) is 22.3 Å². The second kappa shape index (κ2) is 7.58. The number of aliphatic hydroxyl groups excluding tert-OH is 1. The third kappa shape index (κ3) is 3.21. The fourth-order valence-electron chi connectivity index (χ4n) is 4.66. The second-order valence-corrected chi connectivity index (χ2v) is 8.05. The van der Waals surface area contributed by atoms with Crippen LogP contribution in [-0.2, 0) is 10.3 Å². The molecule has 0 aromatic heterocycles. The lowest BCUT2D eigenvalue weighted by molar-refractivity contribution is -0.891. The molecular formula is C22H28INO2. The van der Waals surface area contributed by atoms with Crippen LogP contribution in [0.1, 0.15) is 41.0 Å². The third-order valence-corrected chi connectivity index (χ3v) is 6.08. The first-order valence-corrected chi connectivity index (χ1v) is 9.33. The van der Waals surface area contributed by atoms with Gasteiger partial charge in [0.1, 0.15) is 18.7 Å². The smallest absolute Gasteiger partial charge is 0.119 e. The summed E-state index contributed by atoms with van der Waals surface area (Å²) >= 11 is 0. The zero-order chi connectivity index (χ0) is 17.5. The number of likely N-dealkylation sites (N-methyl/N-ethyl adjacent to an activating group) is 1. The van der Waals surface area contributed by atoms with Crippen molar-refractivity contribution in [3.05, 3.63) is 70.8 Å². The number of hydrogen-bond donors (Lipinski definition) is 1. The molecule has 2 bridgehead atoms. The lowest BCUT2D eigenvalue weighted by atomic mass is 9.61. The van der Waals surface area contributed by atoms with E-state index in [0.717, 1.165) is 30.4 Å². The number of hydrogen-bond acceptors (Lipinski definition) is 2. The van der Waals surface area contributed by atoms with Crippen molar-refractivity contribution >= 4 is 0 Å². The van der Waals surface area contributed by atoms with Gasteiger partial charge in [0.05, 0.1) is 27.3 Å². The highest BCUT2D eigenvalue weighted by atomic mass is 127. The number of nitrogens with zero attached hydrogens (tertiary/aromatic N) is 1. The average molecular weight is 465 g/mol. The van der Waals surface area contributed by atoms with E-state index in [2.05, 4.69) is 62.6 Å². The predicted molar refractivity (Wildman–Crippen MR) is 99.6 cm³/mol. The summed E-state index contributed by atoms with van der Waals surface area (Å²) in [5, 5.41) is 9.26. The minimum Gasteiger partial charge on any atom is -1.00 e. The van der Waals surface area contributed by atoms with Gasteiger partial charge in [-0.1, -0.05) is 48.5 Å². The van der Waals surface area contributed by atoms with Crippen molar-refractivity contribution in [2.24, 2.45) is 0 Å². The van der Waals surface area contributed by atoms with Gasteiger partial charge >= 0.3 is 0 Å². The first-order valence-electron chi connectivity index (χ1n) is 9.33. The van der Waals surface area contributed by atoms with Crippen LogP contribution < -0.4 is 24.0 Å². The highest BCUT2D eigenvalue weighted by molar-refractivity contribution is 5.57. The summed E-state index contributed by atoms with van der Waals surface area (Å²) in [5.41, 5.74) is 5.30. The molecule has 4 heteroatoms. The molecule has 0 unspecified atom stereocenters. The molecule has 0 amide bonds. The lowest BCUT2D eigenvalue weighted by Crippen LogP contribution is -3.00. The van der Waals surface area contributed by atoms with Crippen molar-refractivity contribution in [1.82, 2.24) is 0 Å². The van der Waals surface area contributed by atoms with Gasteiger partial charge in [-0.05, 0) is 35.1 Å². The Kier molecular flexibility index (Phi) is 5.78. The Morgan fingerprint density at radius 2 is 1.58 bits per heavy atom. The number of rotatable bonds is 6. The minimum atomic E-state index is -0.304. The largest absolute Gasteiger partial charge is 1.00 e. The van der Waals surface area contributed by atoms with Gasteiger partial charge in [0.15, 0.2) is 0 Å². The molecule has 0 aliphatic heterocycles. The molecule has 0 fully saturated rings. The Morgan fingerprint density at radius 3 is 2.15 bits per heavy atom. The van der Waals surface area contributed by atoms with Gasteiger partial charge in [-0.25, -0.2) is 0 Å². The van der Waals surface area contributed by atoms with E-state index in [0.29, 0.717) is 12.5 Å². The van der Waals surface area contributed by atoms with Gasteiger partial charge in [-0.15, -0.1) is 0 Å². The number of ether oxygens (including phenoxy) is 1. The van der Waals surface area contributed by atoms with Gasteiger partial charge in [0, 0.05) is 5.92 Å². The normalized spacial score (nSPS) is 23.1. The maximum absolute atomic E-state index is 9.26. The quantitative estimate of drug-likeness (QED) is 0.490. The van der Waals surface area contributed by atoms with Crippen molar-refractivity contribution < 1.29 is 38.3 Å². The Hall–Kier alpha value is -0.950. The maximum Gasteiger partial charge on any atom is 0.119 e. The van der Waals surface area contributed by atoms with Crippen LogP contribution in [0, 0.1) is 0 Å². The molecule has 3 aliphatic rings. The van der Waals surface area contributed by atoms with Crippen molar-refractivity contribution in [1.29, 1.82) is 0 Å². The predicted octanol–water partition coefficient (Wildman–Crippen LogP) is 0.259. The van der Waals surface area contributed by atoms with Gasteiger partial charge in [-0.3, -0.25) is 0 Å². The molecule has 0 saturated carbocycles. The molecule has 1 N–H and O–H groups in total. The molecule has 5 rings (SSSR count). The fourth-order valence-corrected chi connectivity index (χ4v) is 4.66. The van der Waals surface area contributed by atoms with Crippen molar-refractivity contribution in [3.63, 3.8) is 0 Å². The minimum absolute atomic E-state index is 0. The highest BCUT2D eigenvalue weighted by Gasteiger charge is 2.49. The molecule has 140 valence electrons. The molecule has 26 heavy (non-hydrogen) atoms. The highest BCUT2D eigenvalue weighted by Crippen LogP contribution is 2.56. The molecule has 2 aromatic carbocycles. The summed E-state index contributed by atoms with van der Waals surface area (Å²) in [6.45, 7) is 2.56. The lowest BCUT2D eigenvalue weighted by Gasteiger charge is -2.49. The van der Waals surface area contributed by atoms with Crippen LogP contribution in [0.15, 0.2) is 48.5 Å². The number of aliphatic hydroxyl groups is 1. The third-order valence-electron chi connectivity index (χ3n) is 6.08. The van der Waals surface area contributed by atoms with E-state index in [-0.39, 0.29) is 36.2 Å². The van der Waals surface area contributed by atoms with Crippen molar-refractivity contribution in [2.45, 2.75) is 24.4 Å². The molecule has 0 atom stereocenters. The maximum atomic E-state index is 9.26. The van der Waals surface area contributed by atoms with E-state index >= 15 is 0 Å². The summed E-state index contributed by atoms with van der Waals surface area (Å²) in [5.74, 6) is 0.513. The summed E-state index contributed by atoms with van der Waals surface area (Å²) in [4.78, 5) is 0. The molecule has 3 nitrogen and oxygen atoms in total. The standard InChI is InChI=1S/C22H28NO2.HI/c1-23(2,13-15-24)14-16-25-22-12-11-17(18-7-3-5-9-20(18)22)19-8-4-6-10-21(19)22;/h3-10,17,24H,11-16H2,1-2H3;1H/q+1;/p-1. The molecule has 2 aromatic rings. The number of benzene rings is 2. The molecule has 0 radical (unpaired) electrons. The average Bonchev–Trinajstić information content (AvgIpc) is 2.62. The van der Waals surface area contributed by atoms with Crippen LogP contribution in [0.5, 0.6) is 0 Å². The summed E-state index contributed by atoms with van der Waals surface area (Å²) < 4.78 is 7.47. The van der Waals surface area contributed by atoms with Crippen LogP contribution >= 0.6 is 0 Å². The van der Waals surface area contributed by atoms with Crippen LogP contribution in [0.2, 0.25) is 0 Å². The monoisotopic (exact) mass is 465 g/mol. The van der Waals surface area contributed by atoms with Crippen molar-refractivity contribution in [3.8, 4) is 0 Å². The molecule has 0 heterocycles. The molecule has 0 saturated heterocycles. The SMILES string of the molecule is C[N+](C)(CCO)CCOC12CCC(c3ccccc31)c1ccccc12.[I-]. The van der Waals surface area contributed by atoms with E-state index in [9.17, 15) is 5.11 Å². The zero-order valence-electron chi connectivity index (χ0n) is 15.6. The van der Waals surface area contributed by atoms with Crippen LogP contribution in [0.25, 0.3) is 0 Å². The Morgan fingerprint density at radius 1 is 1.00 bits per heavy atom. The molecular weight excluding hydrogens is 437 g/mol. The first kappa shape index (κ1) is 19.8. The van der Waals surface area contributed by atoms with Crippen LogP contribution in [0.3, 0.4) is 0 Å². The zero-order valence-corrected chi connectivity index (χ0v) is 17.8. The van der Waals surface area contributed by atoms with Crippen LogP contribution in [-0.4, -0.2) is 50.0 Å².